The van der Waals surface area contributed by atoms with Crippen LogP contribution in [0.2, 0.25) is 0 Å². The number of para-hydroxylation sites is 1. The van der Waals surface area contributed by atoms with Crippen molar-refractivity contribution in [1.29, 1.82) is 0 Å². The molecule has 0 aliphatic carbocycles. The lowest BCUT2D eigenvalue weighted by Gasteiger charge is -2.17. The van der Waals surface area contributed by atoms with Crippen LogP contribution in [0, 0.1) is 13.8 Å². The molecule has 0 aliphatic heterocycles. The minimum atomic E-state index is -3.83. The molecule has 0 radical (unpaired) electrons. The van der Waals surface area contributed by atoms with Gasteiger partial charge in [0.05, 0.1) is 31.9 Å². The summed E-state index contributed by atoms with van der Waals surface area (Å²) in [6.45, 7) is 3.46. The standard InChI is InChI=1S/C21H23N5O6S/c1-13-15(22-14(2)32-13)10-12-33(27,28)25-21-24-23-20(18-9-6-11-31-18)26(21)19-16(29-3)7-5-8-17(19)30-4/h5-9,11H,10,12H2,1-4H3,(H,24,25). The zero-order chi connectivity index (χ0) is 23.6. The van der Waals surface area contributed by atoms with Gasteiger partial charge < -0.3 is 18.3 Å². The van der Waals surface area contributed by atoms with E-state index in [2.05, 4.69) is 19.9 Å². The molecule has 3 heterocycles. The van der Waals surface area contributed by atoms with Crippen molar-refractivity contribution in [2.24, 2.45) is 0 Å². The fourth-order valence-corrected chi connectivity index (χ4v) is 4.38. The SMILES string of the molecule is COc1cccc(OC)c1-n1c(NS(=O)(=O)CCc2nc(C)oc2C)nnc1-c1ccco1. The van der Waals surface area contributed by atoms with E-state index >= 15 is 0 Å². The summed E-state index contributed by atoms with van der Waals surface area (Å²) in [6, 6.07) is 8.58. The highest BCUT2D eigenvalue weighted by molar-refractivity contribution is 7.92. The second-order valence-electron chi connectivity index (χ2n) is 7.08. The Kier molecular flexibility index (Phi) is 6.09. The number of aryl methyl sites for hydroxylation is 3. The number of furan rings is 1. The lowest BCUT2D eigenvalue weighted by molar-refractivity contribution is 0.391. The van der Waals surface area contributed by atoms with Gasteiger partial charge in [-0.25, -0.2) is 13.4 Å². The summed E-state index contributed by atoms with van der Waals surface area (Å²) in [6.07, 6.45) is 1.66. The summed E-state index contributed by atoms with van der Waals surface area (Å²) >= 11 is 0. The van der Waals surface area contributed by atoms with Gasteiger partial charge in [0.15, 0.2) is 11.7 Å². The number of nitrogens with zero attached hydrogens (tertiary/aromatic N) is 4. The molecule has 0 saturated heterocycles. The van der Waals surface area contributed by atoms with E-state index in [1.165, 1.54) is 25.0 Å². The van der Waals surface area contributed by atoms with Gasteiger partial charge in [0.2, 0.25) is 21.8 Å². The number of hydrogen-bond donors (Lipinski definition) is 1. The molecule has 0 bridgehead atoms. The quantitative estimate of drug-likeness (QED) is 0.389. The number of oxazole rings is 1. The predicted octanol–water partition coefficient (Wildman–Crippen LogP) is 3.13. The van der Waals surface area contributed by atoms with E-state index in [-0.39, 0.29) is 23.9 Å². The summed E-state index contributed by atoms with van der Waals surface area (Å²) in [7, 11) is -0.830. The zero-order valence-electron chi connectivity index (χ0n) is 18.5. The first kappa shape index (κ1) is 22.4. The Morgan fingerprint density at radius 1 is 1.06 bits per heavy atom. The number of hydrogen-bond acceptors (Lipinski definition) is 9. The second kappa shape index (κ2) is 8.98. The van der Waals surface area contributed by atoms with Crippen molar-refractivity contribution >= 4 is 16.0 Å². The summed E-state index contributed by atoms with van der Waals surface area (Å²) in [5.74, 6) is 2.30. The van der Waals surface area contributed by atoms with Gasteiger partial charge in [-0.2, -0.15) is 0 Å². The highest BCUT2D eigenvalue weighted by Gasteiger charge is 2.26. The van der Waals surface area contributed by atoms with E-state index in [1.807, 2.05) is 0 Å². The van der Waals surface area contributed by atoms with Crippen molar-refractivity contribution < 1.29 is 26.7 Å². The topological polar surface area (TPSA) is 135 Å². The number of rotatable bonds is 9. The Morgan fingerprint density at radius 3 is 2.36 bits per heavy atom. The third-order valence-corrected chi connectivity index (χ3v) is 6.12. The fourth-order valence-electron chi connectivity index (χ4n) is 3.40. The van der Waals surface area contributed by atoms with Crippen LogP contribution in [0.3, 0.4) is 0 Å². The van der Waals surface area contributed by atoms with E-state index in [4.69, 9.17) is 18.3 Å². The number of ether oxygens (including phenoxy) is 2. The average Bonchev–Trinajstić information content (AvgIpc) is 3.51. The van der Waals surface area contributed by atoms with Crippen molar-refractivity contribution in [3.8, 4) is 28.8 Å². The smallest absolute Gasteiger partial charge is 0.243 e. The molecule has 0 fully saturated rings. The number of benzene rings is 1. The Morgan fingerprint density at radius 2 is 1.79 bits per heavy atom. The maximum Gasteiger partial charge on any atom is 0.243 e. The number of sulfonamides is 1. The Bertz CT molecular complexity index is 1340. The molecule has 0 unspecified atom stereocenters. The minimum absolute atomic E-state index is 0.0442. The van der Waals surface area contributed by atoms with Crippen LogP contribution in [0.4, 0.5) is 5.95 Å². The van der Waals surface area contributed by atoms with E-state index in [1.54, 1.807) is 44.2 Å². The molecule has 0 aliphatic rings. The highest BCUT2D eigenvalue weighted by atomic mass is 32.2. The number of aromatic nitrogens is 4. The van der Waals surface area contributed by atoms with E-state index in [0.29, 0.717) is 40.3 Å². The number of methoxy groups -OCH3 is 2. The van der Waals surface area contributed by atoms with Crippen LogP contribution in [0.25, 0.3) is 17.3 Å². The average molecular weight is 474 g/mol. The minimum Gasteiger partial charge on any atom is -0.494 e. The van der Waals surface area contributed by atoms with Crippen molar-refractivity contribution in [1.82, 2.24) is 19.7 Å². The maximum absolute atomic E-state index is 12.9. The summed E-state index contributed by atoms with van der Waals surface area (Å²) in [5, 5.41) is 8.24. The largest absolute Gasteiger partial charge is 0.494 e. The van der Waals surface area contributed by atoms with Crippen molar-refractivity contribution in [3.63, 3.8) is 0 Å². The normalized spacial score (nSPS) is 11.5. The summed E-state index contributed by atoms with van der Waals surface area (Å²) in [5.41, 5.74) is 1.00. The molecule has 0 spiro atoms. The lowest BCUT2D eigenvalue weighted by Crippen LogP contribution is -2.21. The Labute approximate surface area is 190 Å². The van der Waals surface area contributed by atoms with Crippen molar-refractivity contribution in [2.45, 2.75) is 20.3 Å². The van der Waals surface area contributed by atoms with Gasteiger partial charge in [-0.1, -0.05) is 6.07 Å². The van der Waals surface area contributed by atoms with Gasteiger partial charge in [0.1, 0.15) is 22.9 Å². The van der Waals surface area contributed by atoms with Gasteiger partial charge in [-0.05, 0) is 31.2 Å². The third kappa shape index (κ3) is 4.55. The maximum atomic E-state index is 12.9. The molecule has 1 N–H and O–H groups in total. The molecule has 4 rings (SSSR count). The van der Waals surface area contributed by atoms with Crippen LogP contribution in [0.5, 0.6) is 11.5 Å². The van der Waals surface area contributed by atoms with Crippen molar-refractivity contribution in [3.05, 3.63) is 53.9 Å². The van der Waals surface area contributed by atoms with Crippen LogP contribution in [-0.4, -0.2) is 48.1 Å². The van der Waals surface area contributed by atoms with E-state index in [9.17, 15) is 8.42 Å². The zero-order valence-corrected chi connectivity index (χ0v) is 19.3. The van der Waals surface area contributed by atoms with Gasteiger partial charge in [0, 0.05) is 13.3 Å². The van der Waals surface area contributed by atoms with E-state index in [0.717, 1.165) is 0 Å². The van der Waals surface area contributed by atoms with Crippen LogP contribution in [0.1, 0.15) is 17.3 Å². The van der Waals surface area contributed by atoms with Crippen molar-refractivity contribution in [2.75, 3.05) is 24.7 Å². The second-order valence-corrected chi connectivity index (χ2v) is 8.92. The molecule has 0 amide bonds. The molecule has 33 heavy (non-hydrogen) atoms. The van der Waals surface area contributed by atoms with Crippen LogP contribution >= 0.6 is 0 Å². The van der Waals surface area contributed by atoms with E-state index < -0.39 is 10.0 Å². The Balaban J connectivity index is 1.75. The van der Waals surface area contributed by atoms with Gasteiger partial charge in [-0.15, -0.1) is 10.2 Å². The highest BCUT2D eigenvalue weighted by Crippen LogP contribution is 2.37. The molecule has 0 atom stereocenters. The predicted molar refractivity (Wildman–Crippen MR) is 119 cm³/mol. The first-order valence-electron chi connectivity index (χ1n) is 9.97. The molecular weight excluding hydrogens is 450 g/mol. The van der Waals surface area contributed by atoms with Crippen LogP contribution in [0.15, 0.2) is 45.4 Å². The monoisotopic (exact) mass is 473 g/mol. The van der Waals surface area contributed by atoms with Gasteiger partial charge in [0.25, 0.3) is 0 Å². The summed E-state index contributed by atoms with van der Waals surface area (Å²) in [4.78, 5) is 4.23. The molecule has 12 heteroatoms. The Hall–Kier alpha value is -3.80. The fraction of sp³-hybridized carbons (Fsp3) is 0.286. The lowest BCUT2D eigenvalue weighted by atomic mass is 10.2. The van der Waals surface area contributed by atoms with Crippen LogP contribution in [-0.2, 0) is 16.4 Å². The molecule has 0 saturated carbocycles. The number of nitrogens with one attached hydrogen (secondary N) is 1. The van der Waals surface area contributed by atoms with Gasteiger partial charge in [-0.3, -0.25) is 9.29 Å². The molecule has 3 aromatic heterocycles. The third-order valence-electron chi connectivity index (χ3n) is 4.88. The summed E-state index contributed by atoms with van der Waals surface area (Å²) < 4.78 is 51.8. The molecular formula is C21H23N5O6S. The molecule has 4 aromatic rings. The molecule has 1 aromatic carbocycles. The first-order chi connectivity index (χ1) is 15.8. The number of anilines is 1. The van der Waals surface area contributed by atoms with Crippen LogP contribution < -0.4 is 14.2 Å². The van der Waals surface area contributed by atoms with Gasteiger partial charge >= 0.3 is 0 Å². The molecule has 11 nitrogen and oxygen atoms in total. The first-order valence-corrected chi connectivity index (χ1v) is 11.6. The molecule has 174 valence electrons.